The van der Waals surface area contributed by atoms with Crippen molar-refractivity contribution < 1.29 is 24.2 Å². The number of halogens is 2. The molecule has 6 nitrogen and oxygen atoms in total. The number of anilines is 1. The standard InChI is InChI=1S/C12H14ClFN2O4/c1-12(20,5-10(17)18)6-15-11(19)16-9-4-7(13)2-3-8(9)14/h2-4,20H,5-6H2,1H3,(H,17,18)(H2,15,16,19). The molecule has 110 valence electrons. The average molecular weight is 305 g/mol. The van der Waals surface area contributed by atoms with Gasteiger partial charge in [-0.3, -0.25) is 4.79 Å². The molecule has 0 aliphatic carbocycles. The summed E-state index contributed by atoms with van der Waals surface area (Å²) in [7, 11) is 0. The summed E-state index contributed by atoms with van der Waals surface area (Å²) in [6, 6.07) is 2.87. The Labute approximate surface area is 119 Å². The Balaban J connectivity index is 2.56. The van der Waals surface area contributed by atoms with Gasteiger partial charge < -0.3 is 20.8 Å². The molecular weight excluding hydrogens is 291 g/mol. The smallest absolute Gasteiger partial charge is 0.319 e. The van der Waals surface area contributed by atoms with E-state index < -0.39 is 29.8 Å². The summed E-state index contributed by atoms with van der Waals surface area (Å²) in [4.78, 5) is 22.0. The maximum atomic E-state index is 13.3. The second kappa shape index (κ2) is 6.53. The second-order valence-electron chi connectivity index (χ2n) is 4.50. The van der Waals surface area contributed by atoms with Crippen molar-refractivity contribution in [3.05, 3.63) is 29.0 Å². The first-order chi connectivity index (χ1) is 9.19. The van der Waals surface area contributed by atoms with Crippen molar-refractivity contribution in [3.8, 4) is 0 Å². The summed E-state index contributed by atoms with van der Waals surface area (Å²) in [6.45, 7) is 0.967. The van der Waals surface area contributed by atoms with Crippen LogP contribution in [0.3, 0.4) is 0 Å². The normalized spacial score (nSPS) is 13.4. The third kappa shape index (κ3) is 5.41. The number of aliphatic carboxylic acids is 1. The highest BCUT2D eigenvalue weighted by Gasteiger charge is 2.24. The van der Waals surface area contributed by atoms with Crippen LogP contribution in [0.5, 0.6) is 0 Å². The van der Waals surface area contributed by atoms with Gasteiger partial charge in [0, 0.05) is 11.6 Å². The molecule has 1 aromatic carbocycles. The van der Waals surface area contributed by atoms with Crippen LogP contribution in [0.4, 0.5) is 14.9 Å². The fourth-order valence-electron chi connectivity index (χ4n) is 1.42. The van der Waals surface area contributed by atoms with Crippen LogP contribution < -0.4 is 10.6 Å². The second-order valence-corrected chi connectivity index (χ2v) is 4.94. The van der Waals surface area contributed by atoms with Gasteiger partial charge in [-0.1, -0.05) is 11.6 Å². The Morgan fingerprint density at radius 2 is 2.10 bits per heavy atom. The molecule has 0 aliphatic heterocycles. The Bertz CT molecular complexity index is 522. The highest BCUT2D eigenvalue weighted by Crippen LogP contribution is 2.19. The van der Waals surface area contributed by atoms with E-state index in [0.29, 0.717) is 0 Å². The highest BCUT2D eigenvalue weighted by molar-refractivity contribution is 6.30. The molecule has 8 heteroatoms. The number of hydrogen-bond acceptors (Lipinski definition) is 3. The van der Waals surface area contributed by atoms with E-state index in [9.17, 15) is 19.1 Å². The predicted octanol–water partition coefficient (Wildman–Crippen LogP) is 1.83. The van der Waals surface area contributed by atoms with Crippen molar-refractivity contribution in [1.82, 2.24) is 5.32 Å². The zero-order chi connectivity index (χ0) is 15.3. The molecule has 20 heavy (non-hydrogen) atoms. The molecule has 4 N–H and O–H groups in total. The Hall–Kier alpha value is -1.86. The van der Waals surface area contributed by atoms with Crippen LogP contribution in [0.1, 0.15) is 13.3 Å². The molecular formula is C12H14ClFN2O4. The van der Waals surface area contributed by atoms with Crippen LogP contribution >= 0.6 is 11.6 Å². The minimum Gasteiger partial charge on any atom is -0.481 e. The van der Waals surface area contributed by atoms with E-state index in [1.807, 2.05) is 0 Å². The van der Waals surface area contributed by atoms with Gasteiger partial charge >= 0.3 is 12.0 Å². The Morgan fingerprint density at radius 3 is 2.70 bits per heavy atom. The van der Waals surface area contributed by atoms with Gasteiger partial charge in [-0.2, -0.15) is 0 Å². The molecule has 0 heterocycles. The molecule has 0 aromatic heterocycles. The molecule has 0 aliphatic rings. The van der Waals surface area contributed by atoms with Crippen LogP contribution in [0.15, 0.2) is 18.2 Å². The number of urea groups is 1. The van der Waals surface area contributed by atoms with Crippen LogP contribution in [-0.2, 0) is 4.79 Å². The lowest BCUT2D eigenvalue weighted by Gasteiger charge is -2.21. The molecule has 0 radical (unpaired) electrons. The number of carbonyl (C=O) groups is 2. The largest absolute Gasteiger partial charge is 0.481 e. The monoisotopic (exact) mass is 304 g/mol. The topological polar surface area (TPSA) is 98.7 Å². The lowest BCUT2D eigenvalue weighted by atomic mass is 10.0. The van der Waals surface area contributed by atoms with Crippen LogP contribution in [0.25, 0.3) is 0 Å². The Morgan fingerprint density at radius 1 is 1.45 bits per heavy atom. The Kier molecular flexibility index (Phi) is 5.29. The van der Waals surface area contributed by atoms with E-state index in [4.69, 9.17) is 16.7 Å². The lowest BCUT2D eigenvalue weighted by molar-refractivity contribution is -0.141. The molecule has 0 saturated carbocycles. The van der Waals surface area contributed by atoms with E-state index in [-0.39, 0.29) is 17.3 Å². The molecule has 0 fully saturated rings. The van der Waals surface area contributed by atoms with Gasteiger partial charge in [-0.25, -0.2) is 9.18 Å². The first kappa shape index (κ1) is 16.2. The zero-order valence-corrected chi connectivity index (χ0v) is 11.4. The molecule has 0 saturated heterocycles. The zero-order valence-electron chi connectivity index (χ0n) is 10.6. The lowest BCUT2D eigenvalue weighted by Crippen LogP contribution is -2.43. The molecule has 1 rings (SSSR count). The van der Waals surface area contributed by atoms with Crippen molar-refractivity contribution in [2.75, 3.05) is 11.9 Å². The number of carboxylic acids is 1. The third-order valence-electron chi connectivity index (χ3n) is 2.34. The summed E-state index contributed by atoms with van der Waals surface area (Å²) in [6.07, 6.45) is -0.529. The number of aliphatic hydroxyl groups is 1. The van der Waals surface area contributed by atoms with Gasteiger partial charge in [0.1, 0.15) is 5.82 Å². The SMILES string of the molecule is CC(O)(CNC(=O)Nc1cc(Cl)ccc1F)CC(=O)O. The van der Waals surface area contributed by atoms with Crippen LogP contribution in [0, 0.1) is 5.82 Å². The number of benzene rings is 1. The van der Waals surface area contributed by atoms with E-state index in [2.05, 4.69) is 10.6 Å². The van der Waals surface area contributed by atoms with E-state index in [0.717, 1.165) is 6.07 Å². The fraction of sp³-hybridized carbons (Fsp3) is 0.333. The average Bonchev–Trinajstić information content (AvgIpc) is 2.30. The molecule has 0 spiro atoms. The maximum Gasteiger partial charge on any atom is 0.319 e. The molecule has 2 amide bonds. The molecule has 1 unspecified atom stereocenters. The number of nitrogens with one attached hydrogen (secondary N) is 2. The predicted molar refractivity (Wildman–Crippen MR) is 71.3 cm³/mol. The molecule has 1 atom stereocenters. The van der Waals surface area contributed by atoms with E-state index in [1.54, 1.807) is 0 Å². The first-order valence-corrected chi connectivity index (χ1v) is 6.01. The quantitative estimate of drug-likeness (QED) is 0.667. The van der Waals surface area contributed by atoms with Gasteiger partial charge in [0.05, 0.1) is 17.7 Å². The number of hydrogen-bond donors (Lipinski definition) is 4. The maximum absolute atomic E-state index is 13.3. The molecule has 0 bridgehead atoms. The van der Waals surface area contributed by atoms with Gasteiger partial charge in [0.15, 0.2) is 0 Å². The number of amides is 2. The minimum absolute atomic E-state index is 0.118. The van der Waals surface area contributed by atoms with Gasteiger partial charge in [-0.05, 0) is 25.1 Å². The van der Waals surface area contributed by atoms with Crippen molar-refractivity contribution in [3.63, 3.8) is 0 Å². The summed E-state index contributed by atoms with van der Waals surface area (Å²) < 4.78 is 13.3. The van der Waals surface area contributed by atoms with Gasteiger partial charge in [0.2, 0.25) is 0 Å². The summed E-state index contributed by atoms with van der Waals surface area (Å²) in [5.41, 5.74) is -1.72. The highest BCUT2D eigenvalue weighted by atomic mass is 35.5. The van der Waals surface area contributed by atoms with Gasteiger partial charge in [0.25, 0.3) is 0 Å². The first-order valence-electron chi connectivity index (χ1n) is 5.64. The van der Waals surface area contributed by atoms with Crippen molar-refractivity contribution >= 4 is 29.3 Å². The minimum atomic E-state index is -1.60. The van der Waals surface area contributed by atoms with Crippen LogP contribution in [-0.4, -0.2) is 34.4 Å². The van der Waals surface area contributed by atoms with Crippen molar-refractivity contribution in [2.24, 2.45) is 0 Å². The number of carboxylic acid groups (broad SMARTS) is 1. The fourth-order valence-corrected chi connectivity index (χ4v) is 1.59. The van der Waals surface area contributed by atoms with Gasteiger partial charge in [-0.15, -0.1) is 0 Å². The molecule has 1 aromatic rings. The number of carbonyl (C=O) groups excluding carboxylic acids is 1. The van der Waals surface area contributed by atoms with Crippen LogP contribution in [0.2, 0.25) is 5.02 Å². The van der Waals surface area contributed by atoms with Crippen molar-refractivity contribution in [1.29, 1.82) is 0 Å². The van der Waals surface area contributed by atoms with E-state index >= 15 is 0 Å². The number of rotatable bonds is 5. The summed E-state index contributed by atoms with van der Waals surface area (Å²) in [5.74, 6) is -1.86. The van der Waals surface area contributed by atoms with Crippen molar-refractivity contribution in [2.45, 2.75) is 18.9 Å². The van der Waals surface area contributed by atoms with E-state index in [1.165, 1.54) is 19.1 Å². The summed E-state index contributed by atoms with van der Waals surface area (Å²) >= 11 is 5.66. The third-order valence-corrected chi connectivity index (χ3v) is 2.57. The summed E-state index contributed by atoms with van der Waals surface area (Å²) in [5, 5.41) is 23.0.